The second kappa shape index (κ2) is 11.2. The number of carbonyl (C=O) groups is 2. The van der Waals surface area contributed by atoms with E-state index >= 15 is 4.39 Å². The molecule has 0 saturated carbocycles. The molecule has 11 nitrogen and oxygen atoms in total. The summed E-state index contributed by atoms with van der Waals surface area (Å²) in [5.74, 6) is -3.41. The van der Waals surface area contributed by atoms with Gasteiger partial charge in [-0.2, -0.15) is 4.98 Å². The van der Waals surface area contributed by atoms with Crippen LogP contribution < -0.4 is 15.0 Å². The Kier molecular flexibility index (Phi) is 7.49. The molecular weight excluding hydrogens is 576 g/mol. The number of halogens is 2. The van der Waals surface area contributed by atoms with Gasteiger partial charge in [-0.25, -0.2) is 13.6 Å². The maximum Gasteiger partial charge on any atom is 0.510 e. The van der Waals surface area contributed by atoms with Crippen LogP contribution in [0.1, 0.15) is 39.1 Å². The molecule has 3 aliphatic rings. The highest BCUT2D eigenvalue weighted by atomic mass is 32.2. The van der Waals surface area contributed by atoms with Crippen molar-refractivity contribution in [1.82, 2.24) is 14.5 Å². The Morgan fingerprint density at radius 1 is 1.14 bits per heavy atom. The van der Waals surface area contributed by atoms with Crippen molar-refractivity contribution in [2.75, 3.05) is 40.8 Å². The first-order valence-corrected chi connectivity index (χ1v) is 14.0. The van der Waals surface area contributed by atoms with Gasteiger partial charge < -0.3 is 28.6 Å². The van der Waals surface area contributed by atoms with Gasteiger partial charge in [0.2, 0.25) is 12.5 Å². The second-order valence-corrected chi connectivity index (χ2v) is 10.7. The number of fused-ring (bicyclic) bond motifs is 4. The van der Waals surface area contributed by atoms with Crippen LogP contribution in [-0.4, -0.2) is 73.3 Å². The van der Waals surface area contributed by atoms with Crippen molar-refractivity contribution < 1.29 is 42.1 Å². The zero-order valence-electron chi connectivity index (χ0n) is 22.5. The largest absolute Gasteiger partial charge is 0.510 e. The molecule has 3 aromatic rings. The SMILES string of the molecule is COC(=O)OCOc1c2n(c(OC)nc1=O)C(C1c3ccccc3SCc3c1ccc(F)c3F)C1COCCN1C2=O. The van der Waals surface area contributed by atoms with Gasteiger partial charge in [0.15, 0.2) is 17.3 Å². The highest BCUT2D eigenvalue weighted by Gasteiger charge is 2.50. The molecule has 42 heavy (non-hydrogen) atoms. The highest BCUT2D eigenvalue weighted by Crippen LogP contribution is 2.51. The molecule has 0 spiro atoms. The minimum atomic E-state index is -1.05. The van der Waals surface area contributed by atoms with Crippen LogP contribution >= 0.6 is 11.8 Å². The molecule has 14 heteroatoms. The van der Waals surface area contributed by atoms with Crippen LogP contribution in [0, 0.1) is 11.6 Å². The third kappa shape index (κ3) is 4.54. The van der Waals surface area contributed by atoms with Gasteiger partial charge in [0, 0.05) is 28.7 Å². The molecular formula is C28H25F2N3O8S. The van der Waals surface area contributed by atoms with Gasteiger partial charge >= 0.3 is 17.7 Å². The minimum Gasteiger partial charge on any atom is -0.468 e. The summed E-state index contributed by atoms with van der Waals surface area (Å²) in [4.78, 5) is 45.2. The molecule has 220 valence electrons. The third-order valence-corrected chi connectivity index (χ3v) is 8.75. The molecule has 4 heterocycles. The third-order valence-electron chi connectivity index (χ3n) is 7.64. The fourth-order valence-electron chi connectivity index (χ4n) is 5.88. The fraction of sp³-hybridized carbons (Fsp3) is 0.357. The maximum atomic E-state index is 15.4. The van der Waals surface area contributed by atoms with E-state index in [0.717, 1.165) is 23.6 Å². The van der Waals surface area contributed by atoms with Crippen LogP contribution in [0.2, 0.25) is 0 Å². The van der Waals surface area contributed by atoms with Crippen LogP contribution in [0.15, 0.2) is 46.1 Å². The molecule has 3 unspecified atom stereocenters. The summed E-state index contributed by atoms with van der Waals surface area (Å²) in [5, 5.41) is 0. The standard InChI is InChI=1S/C28H25F2N3O8S/c1-37-27-31-25(34)24(40-13-41-28(36)38-2)23-26(35)32-9-10-39-11-18(32)22(33(23)27)20-14-7-8-17(29)21(30)16(14)12-42-19-6-4-3-5-15(19)20/h3-8,18,20,22H,9-13H2,1-2H3. The van der Waals surface area contributed by atoms with Crippen LogP contribution in [-0.2, 0) is 20.0 Å². The van der Waals surface area contributed by atoms with E-state index in [-0.39, 0.29) is 42.8 Å². The molecule has 3 aliphatic heterocycles. The van der Waals surface area contributed by atoms with Crippen molar-refractivity contribution >= 4 is 23.8 Å². The molecule has 1 saturated heterocycles. The van der Waals surface area contributed by atoms with Crippen LogP contribution in [0.25, 0.3) is 0 Å². The van der Waals surface area contributed by atoms with E-state index in [2.05, 4.69) is 9.72 Å². The summed E-state index contributed by atoms with van der Waals surface area (Å²) in [5.41, 5.74) is 0.413. The minimum absolute atomic E-state index is 0.123. The Morgan fingerprint density at radius 2 is 1.95 bits per heavy atom. The van der Waals surface area contributed by atoms with Crippen LogP contribution in [0.3, 0.4) is 0 Å². The van der Waals surface area contributed by atoms with Gasteiger partial charge in [0.1, 0.15) is 0 Å². The van der Waals surface area contributed by atoms with Gasteiger partial charge in [-0.1, -0.05) is 24.3 Å². The summed E-state index contributed by atoms with van der Waals surface area (Å²) in [6.45, 7) is -0.164. The smallest absolute Gasteiger partial charge is 0.468 e. The molecule has 0 bridgehead atoms. The van der Waals surface area contributed by atoms with E-state index < -0.39 is 59.8 Å². The molecule has 1 fully saturated rings. The van der Waals surface area contributed by atoms with Gasteiger partial charge in [0.25, 0.3) is 5.91 Å². The van der Waals surface area contributed by atoms with E-state index in [1.807, 2.05) is 24.3 Å². The first kappa shape index (κ1) is 28.0. The molecule has 1 aromatic heterocycles. The Bertz CT molecular complexity index is 1630. The summed E-state index contributed by atoms with van der Waals surface area (Å²) >= 11 is 1.38. The molecule has 0 N–H and O–H groups in total. The fourth-order valence-corrected chi connectivity index (χ4v) is 7.01. The average molecular weight is 602 g/mol. The zero-order chi connectivity index (χ0) is 29.5. The number of nitrogens with zero attached hydrogens (tertiary/aromatic N) is 3. The Balaban J connectivity index is 1.63. The van der Waals surface area contributed by atoms with Gasteiger partial charge in [-0.3, -0.25) is 14.2 Å². The number of hydrogen-bond donors (Lipinski definition) is 0. The molecule has 0 radical (unpaired) electrons. The Hall–Kier alpha value is -4.17. The number of benzene rings is 2. The first-order chi connectivity index (χ1) is 20.3. The number of ether oxygens (including phenoxy) is 5. The first-order valence-electron chi connectivity index (χ1n) is 13.0. The summed E-state index contributed by atoms with van der Waals surface area (Å²) < 4.78 is 57.5. The zero-order valence-corrected chi connectivity index (χ0v) is 23.3. The second-order valence-electron chi connectivity index (χ2n) is 9.68. The van der Waals surface area contributed by atoms with Gasteiger partial charge in [-0.15, -0.1) is 11.8 Å². The van der Waals surface area contributed by atoms with Crippen LogP contribution in [0.4, 0.5) is 13.6 Å². The lowest BCUT2D eigenvalue weighted by Crippen LogP contribution is -2.58. The van der Waals surface area contributed by atoms with Crippen molar-refractivity contribution in [3.05, 3.63) is 80.8 Å². The van der Waals surface area contributed by atoms with E-state index in [1.165, 1.54) is 23.4 Å². The van der Waals surface area contributed by atoms with Crippen molar-refractivity contribution in [1.29, 1.82) is 0 Å². The summed E-state index contributed by atoms with van der Waals surface area (Å²) in [6, 6.07) is 8.58. The van der Waals surface area contributed by atoms with E-state index in [1.54, 1.807) is 11.0 Å². The number of thioether (sulfide) groups is 1. The van der Waals surface area contributed by atoms with Gasteiger partial charge in [-0.05, 0) is 23.3 Å². The number of rotatable bonds is 5. The topological polar surface area (TPSA) is 118 Å². The van der Waals surface area contributed by atoms with Crippen molar-refractivity contribution in [3.63, 3.8) is 0 Å². The lowest BCUT2D eigenvalue weighted by Gasteiger charge is -2.48. The molecule has 1 amide bonds. The lowest BCUT2D eigenvalue weighted by molar-refractivity contribution is -0.0323. The van der Waals surface area contributed by atoms with E-state index in [4.69, 9.17) is 18.9 Å². The number of carbonyl (C=O) groups excluding carboxylic acids is 2. The predicted octanol–water partition coefficient (Wildman–Crippen LogP) is 3.48. The summed E-state index contributed by atoms with van der Waals surface area (Å²) in [7, 11) is 2.41. The lowest BCUT2D eigenvalue weighted by atomic mass is 9.78. The molecule has 6 rings (SSSR count). The number of morpholine rings is 1. The van der Waals surface area contributed by atoms with Crippen LogP contribution in [0.5, 0.6) is 11.8 Å². The molecule has 3 atom stereocenters. The number of amides is 1. The predicted molar refractivity (Wildman–Crippen MR) is 143 cm³/mol. The summed E-state index contributed by atoms with van der Waals surface area (Å²) in [6.07, 6.45) is -1.05. The molecule has 2 aromatic carbocycles. The Morgan fingerprint density at radius 3 is 2.74 bits per heavy atom. The van der Waals surface area contributed by atoms with Crippen molar-refractivity contribution in [2.24, 2.45) is 0 Å². The van der Waals surface area contributed by atoms with Crippen molar-refractivity contribution in [3.8, 4) is 11.8 Å². The number of methoxy groups -OCH3 is 2. The highest BCUT2D eigenvalue weighted by molar-refractivity contribution is 7.98. The van der Waals surface area contributed by atoms with E-state index in [9.17, 15) is 18.8 Å². The normalized spacial score (nSPS) is 20.8. The molecule has 0 aliphatic carbocycles. The maximum absolute atomic E-state index is 15.4. The van der Waals surface area contributed by atoms with Gasteiger partial charge in [0.05, 0.1) is 39.5 Å². The average Bonchev–Trinajstić information content (AvgIpc) is 3.17. The number of aromatic nitrogens is 2. The quantitative estimate of drug-likeness (QED) is 0.318. The monoisotopic (exact) mass is 601 g/mol. The van der Waals surface area contributed by atoms with Crippen molar-refractivity contribution in [2.45, 2.75) is 28.6 Å². The van der Waals surface area contributed by atoms with E-state index in [0.29, 0.717) is 5.56 Å². The Labute approximate surface area is 242 Å². The number of hydrogen-bond acceptors (Lipinski definition) is 10.